The third-order valence-electron chi connectivity index (χ3n) is 1.97. The van der Waals surface area contributed by atoms with Gasteiger partial charge < -0.3 is 0 Å². The number of rotatable bonds is 4. The van der Waals surface area contributed by atoms with Gasteiger partial charge in [-0.3, -0.25) is 4.90 Å². The lowest BCUT2D eigenvalue weighted by atomic mass is 10.3. The second kappa shape index (κ2) is 4.21. The van der Waals surface area contributed by atoms with E-state index in [1.54, 1.807) is 6.20 Å². The molecule has 0 aliphatic heterocycles. The number of H-pyrrole nitrogens is 1. The van der Waals surface area contributed by atoms with Gasteiger partial charge in [0, 0.05) is 12.6 Å². The van der Waals surface area contributed by atoms with Gasteiger partial charge in [-0.1, -0.05) is 6.92 Å². The topological polar surface area (TPSA) is 44.8 Å². The van der Waals surface area contributed by atoms with Crippen molar-refractivity contribution in [3.05, 3.63) is 11.9 Å². The second-order valence-corrected chi connectivity index (χ2v) is 3.12. The molecule has 4 nitrogen and oxygen atoms in total. The molecule has 12 heavy (non-hydrogen) atoms. The minimum atomic E-state index is 0.562. The van der Waals surface area contributed by atoms with Gasteiger partial charge in [0.2, 0.25) is 0 Å². The van der Waals surface area contributed by atoms with Gasteiger partial charge in [-0.05, 0) is 20.4 Å². The molecular weight excluding hydrogens is 152 g/mol. The monoisotopic (exact) mass is 168 g/mol. The van der Waals surface area contributed by atoms with Crippen LogP contribution in [0, 0.1) is 0 Å². The van der Waals surface area contributed by atoms with Gasteiger partial charge in [-0.2, -0.15) is 15.4 Å². The van der Waals surface area contributed by atoms with Crippen molar-refractivity contribution >= 4 is 0 Å². The Morgan fingerprint density at radius 3 is 2.75 bits per heavy atom. The average Bonchev–Trinajstić information content (AvgIpc) is 2.51. The van der Waals surface area contributed by atoms with Crippen molar-refractivity contribution in [3.63, 3.8) is 0 Å². The summed E-state index contributed by atoms with van der Waals surface area (Å²) in [6, 6.07) is 0.562. The van der Waals surface area contributed by atoms with Crippen LogP contribution in [-0.2, 0) is 6.54 Å². The largest absolute Gasteiger partial charge is 0.295 e. The van der Waals surface area contributed by atoms with E-state index >= 15 is 0 Å². The highest BCUT2D eigenvalue weighted by atomic mass is 15.3. The molecule has 0 saturated heterocycles. The zero-order valence-corrected chi connectivity index (χ0v) is 7.91. The van der Waals surface area contributed by atoms with Gasteiger partial charge in [0.25, 0.3) is 0 Å². The van der Waals surface area contributed by atoms with E-state index in [-0.39, 0.29) is 0 Å². The van der Waals surface area contributed by atoms with Crippen LogP contribution in [0.3, 0.4) is 0 Å². The normalized spacial score (nSPS) is 11.4. The number of hydrogen-bond acceptors (Lipinski definition) is 3. The lowest BCUT2D eigenvalue weighted by molar-refractivity contribution is 0.222. The first-order chi connectivity index (χ1) is 5.74. The number of aromatic nitrogens is 3. The van der Waals surface area contributed by atoms with Crippen molar-refractivity contribution in [1.29, 1.82) is 0 Å². The fourth-order valence-electron chi connectivity index (χ4n) is 1.17. The maximum Gasteiger partial charge on any atom is 0.0964 e. The Bertz CT molecular complexity index is 205. The van der Waals surface area contributed by atoms with Gasteiger partial charge in [0.05, 0.1) is 11.9 Å². The van der Waals surface area contributed by atoms with E-state index < -0.39 is 0 Å². The summed E-state index contributed by atoms with van der Waals surface area (Å²) in [6.07, 6.45) is 1.77. The number of aromatic amines is 1. The van der Waals surface area contributed by atoms with Crippen molar-refractivity contribution in [3.8, 4) is 0 Å². The van der Waals surface area contributed by atoms with Crippen LogP contribution < -0.4 is 0 Å². The summed E-state index contributed by atoms with van der Waals surface area (Å²) in [5.41, 5.74) is 1.01. The van der Waals surface area contributed by atoms with Gasteiger partial charge >= 0.3 is 0 Å². The summed E-state index contributed by atoms with van der Waals surface area (Å²) in [7, 11) is 0. The van der Waals surface area contributed by atoms with Crippen LogP contribution in [-0.4, -0.2) is 32.9 Å². The summed E-state index contributed by atoms with van der Waals surface area (Å²) in [6.45, 7) is 8.45. The molecule has 1 heterocycles. The second-order valence-electron chi connectivity index (χ2n) is 3.12. The van der Waals surface area contributed by atoms with E-state index in [0.717, 1.165) is 18.8 Å². The molecule has 0 spiro atoms. The highest BCUT2D eigenvalue weighted by Gasteiger charge is 2.08. The fraction of sp³-hybridized carbons (Fsp3) is 0.750. The molecular formula is C8H16N4. The molecule has 1 aromatic rings. The lowest BCUT2D eigenvalue weighted by Gasteiger charge is -2.23. The number of hydrogen-bond donors (Lipinski definition) is 1. The van der Waals surface area contributed by atoms with Crippen molar-refractivity contribution in [2.45, 2.75) is 33.4 Å². The smallest absolute Gasteiger partial charge is 0.0964 e. The molecule has 0 aromatic carbocycles. The van der Waals surface area contributed by atoms with Gasteiger partial charge in [-0.15, -0.1) is 0 Å². The third kappa shape index (κ3) is 2.30. The Labute approximate surface area is 73.0 Å². The summed E-state index contributed by atoms with van der Waals surface area (Å²) >= 11 is 0. The Kier molecular flexibility index (Phi) is 3.22. The average molecular weight is 168 g/mol. The van der Waals surface area contributed by atoms with E-state index in [9.17, 15) is 0 Å². The Morgan fingerprint density at radius 2 is 2.33 bits per heavy atom. The zero-order chi connectivity index (χ0) is 8.97. The van der Waals surface area contributed by atoms with Crippen molar-refractivity contribution in [2.75, 3.05) is 6.54 Å². The molecule has 0 atom stereocenters. The molecule has 0 aliphatic carbocycles. The van der Waals surface area contributed by atoms with Crippen LogP contribution >= 0.6 is 0 Å². The fourth-order valence-corrected chi connectivity index (χ4v) is 1.17. The van der Waals surface area contributed by atoms with Gasteiger partial charge in [0.15, 0.2) is 0 Å². The minimum absolute atomic E-state index is 0.562. The van der Waals surface area contributed by atoms with Crippen LogP contribution in [0.5, 0.6) is 0 Å². The quantitative estimate of drug-likeness (QED) is 0.730. The molecule has 0 amide bonds. The predicted octanol–water partition coefficient (Wildman–Crippen LogP) is 1.03. The molecule has 1 aromatic heterocycles. The number of nitrogens with one attached hydrogen (secondary N) is 1. The summed E-state index contributed by atoms with van der Waals surface area (Å²) < 4.78 is 0. The first kappa shape index (κ1) is 9.19. The maximum atomic E-state index is 4.01. The molecule has 0 radical (unpaired) electrons. The first-order valence-corrected chi connectivity index (χ1v) is 4.32. The minimum Gasteiger partial charge on any atom is -0.295 e. The highest BCUT2D eigenvalue weighted by molar-refractivity contribution is 4.90. The summed E-state index contributed by atoms with van der Waals surface area (Å²) in [4.78, 5) is 2.33. The Morgan fingerprint density at radius 1 is 1.58 bits per heavy atom. The SMILES string of the molecule is CCN(Cc1cn[nH]n1)C(C)C. The molecule has 1 rings (SSSR count). The van der Waals surface area contributed by atoms with Crippen LogP contribution in [0.15, 0.2) is 6.20 Å². The molecule has 4 heteroatoms. The molecule has 0 aliphatic rings. The van der Waals surface area contributed by atoms with Crippen molar-refractivity contribution in [1.82, 2.24) is 20.3 Å². The molecule has 1 N–H and O–H groups in total. The summed E-state index contributed by atoms with van der Waals surface area (Å²) in [5.74, 6) is 0. The van der Waals surface area contributed by atoms with Crippen LogP contribution in [0.25, 0.3) is 0 Å². The van der Waals surface area contributed by atoms with E-state index in [4.69, 9.17) is 0 Å². The predicted molar refractivity (Wildman–Crippen MR) is 47.6 cm³/mol. The number of nitrogens with zero attached hydrogens (tertiary/aromatic N) is 3. The Hall–Kier alpha value is -0.900. The maximum absolute atomic E-state index is 4.01. The van der Waals surface area contributed by atoms with Crippen LogP contribution in [0.2, 0.25) is 0 Å². The standard InChI is InChI=1S/C8H16N4/c1-4-12(7(2)3)6-8-5-9-11-10-8/h5,7H,4,6H2,1-3H3,(H,9,10,11). The zero-order valence-electron chi connectivity index (χ0n) is 7.91. The van der Waals surface area contributed by atoms with Gasteiger partial charge in [-0.25, -0.2) is 0 Å². The van der Waals surface area contributed by atoms with E-state index in [1.165, 1.54) is 0 Å². The van der Waals surface area contributed by atoms with Crippen molar-refractivity contribution in [2.24, 2.45) is 0 Å². The van der Waals surface area contributed by atoms with Crippen LogP contribution in [0.4, 0.5) is 0 Å². The van der Waals surface area contributed by atoms with Crippen molar-refractivity contribution < 1.29 is 0 Å². The van der Waals surface area contributed by atoms with Gasteiger partial charge in [0.1, 0.15) is 0 Å². The molecule has 0 fully saturated rings. The molecule has 0 bridgehead atoms. The lowest BCUT2D eigenvalue weighted by Crippen LogP contribution is -2.30. The highest BCUT2D eigenvalue weighted by Crippen LogP contribution is 2.03. The third-order valence-corrected chi connectivity index (χ3v) is 1.97. The van der Waals surface area contributed by atoms with E-state index in [2.05, 4.69) is 41.1 Å². The molecule has 68 valence electrons. The summed E-state index contributed by atoms with van der Waals surface area (Å²) in [5, 5.41) is 10.4. The molecule has 0 saturated carbocycles. The van der Waals surface area contributed by atoms with E-state index in [1.807, 2.05) is 0 Å². The Balaban J connectivity index is 2.48. The molecule has 0 unspecified atom stereocenters. The van der Waals surface area contributed by atoms with Crippen LogP contribution in [0.1, 0.15) is 26.5 Å². The first-order valence-electron chi connectivity index (χ1n) is 4.32. The van der Waals surface area contributed by atoms with E-state index in [0.29, 0.717) is 6.04 Å².